The van der Waals surface area contributed by atoms with Crippen molar-refractivity contribution in [3.63, 3.8) is 0 Å². The van der Waals surface area contributed by atoms with Gasteiger partial charge in [0, 0.05) is 25.3 Å². The van der Waals surface area contributed by atoms with Crippen LogP contribution in [0.4, 0.5) is 13.2 Å². The van der Waals surface area contributed by atoms with Gasteiger partial charge in [0.15, 0.2) is 0 Å². The first kappa shape index (κ1) is 22.8. The number of halogens is 3. The molecular formula is C20H28F3N3O4. The molecule has 2 N–H and O–H groups in total. The molecule has 2 saturated heterocycles. The number of pyridine rings is 1. The minimum absolute atomic E-state index is 0.529. The summed E-state index contributed by atoms with van der Waals surface area (Å²) in [6, 6.07) is 2.73. The van der Waals surface area contributed by atoms with Gasteiger partial charge in [-0.2, -0.15) is 13.2 Å². The Hall–Kier alpha value is -1.91. The SMILES string of the molecule is O=C(O)C(F)(F)F.c1ncc([C@@H]2C[C@H]2CCN2CCOCC2)cc1OC[C@@H]1CCN1. The van der Waals surface area contributed by atoms with Crippen molar-refractivity contribution in [3.8, 4) is 5.75 Å². The number of carboxylic acid groups (broad SMARTS) is 1. The van der Waals surface area contributed by atoms with Gasteiger partial charge >= 0.3 is 12.1 Å². The van der Waals surface area contributed by atoms with Crippen LogP contribution in [0.1, 0.15) is 30.7 Å². The fourth-order valence-electron chi connectivity index (χ4n) is 3.55. The number of morpholine rings is 1. The Morgan fingerprint density at radius 2 is 2.03 bits per heavy atom. The molecule has 0 amide bonds. The summed E-state index contributed by atoms with van der Waals surface area (Å²) in [6.45, 7) is 7.08. The number of nitrogens with one attached hydrogen (secondary N) is 1. The van der Waals surface area contributed by atoms with Gasteiger partial charge in [-0.05, 0) is 55.8 Å². The van der Waals surface area contributed by atoms with Crippen LogP contribution in [0.2, 0.25) is 0 Å². The zero-order valence-electron chi connectivity index (χ0n) is 16.7. The van der Waals surface area contributed by atoms with Crippen molar-refractivity contribution in [2.45, 2.75) is 37.4 Å². The molecule has 3 atom stereocenters. The van der Waals surface area contributed by atoms with Gasteiger partial charge < -0.3 is 19.9 Å². The van der Waals surface area contributed by atoms with Crippen molar-refractivity contribution < 1.29 is 32.5 Å². The molecule has 3 aliphatic rings. The summed E-state index contributed by atoms with van der Waals surface area (Å²) in [7, 11) is 0. The molecule has 0 spiro atoms. The first-order valence-corrected chi connectivity index (χ1v) is 10.2. The van der Waals surface area contributed by atoms with E-state index in [1.165, 1.54) is 31.4 Å². The van der Waals surface area contributed by atoms with Crippen molar-refractivity contribution in [3.05, 3.63) is 24.0 Å². The van der Waals surface area contributed by atoms with Gasteiger partial charge in [0.1, 0.15) is 12.4 Å². The lowest BCUT2D eigenvalue weighted by atomic mass is 10.1. The van der Waals surface area contributed by atoms with Gasteiger partial charge in [-0.1, -0.05) is 0 Å². The highest BCUT2D eigenvalue weighted by Crippen LogP contribution is 2.49. The summed E-state index contributed by atoms with van der Waals surface area (Å²) in [4.78, 5) is 15.8. The Bertz CT molecular complexity index is 694. The second-order valence-electron chi connectivity index (χ2n) is 7.85. The highest BCUT2D eigenvalue weighted by molar-refractivity contribution is 5.73. The van der Waals surface area contributed by atoms with Gasteiger partial charge in [0.2, 0.25) is 0 Å². The van der Waals surface area contributed by atoms with Crippen LogP contribution < -0.4 is 10.1 Å². The third-order valence-electron chi connectivity index (χ3n) is 5.62. The molecule has 3 heterocycles. The van der Waals surface area contributed by atoms with Crippen LogP contribution >= 0.6 is 0 Å². The van der Waals surface area contributed by atoms with Gasteiger partial charge in [-0.3, -0.25) is 9.88 Å². The minimum Gasteiger partial charge on any atom is -0.490 e. The lowest BCUT2D eigenvalue weighted by molar-refractivity contribution is -0.192. The monoisotopic (exact) mass is 431 g/mol. The van der Waals surface area contributed by atoms with Crippen molar-refractivity contribution in [1.29, 1.82) is 0 Å². The molecule has 2 aliphatic heterocycles. The summed E-state index contributed by atoms with van der Waals surface area (Å²) in [5, 5.41) is 10.5. The Balaban J connectivity index is 0.000000318. The smallest absolute Gasteiger partial charge is 0.490 e. The lowest BCUT2D eigenvalue weighted by Gasteiger charge is -2.27. The summed E-state index contributed by atoms with van der Waals surface area (Å²) in [5.41, 5.74) is 1.36. The second-order valence-corrected chi connectivity index (χ2v) is 7.85. The van der Waals surface area contributed by atoms with Crippen LogP contribution in [0.15, 0.2) is 18.5 Å². The van der Waals surface area contributed by atoms with E-state index in [2.05, 4.69) is 21.3 Å². The van der Waals surface area contributed by atoms with E-state index in [1.54, 1.807) is 0 Å². The average Bonchev–Trinajstić information content (AvgIpc) is 3.46. The zero-order valence-corrected chi connectivity index (χ0v) is 16.7. The number of aliphatic carboxylic acids is 1. The molecular weight excluding hydrogens is 403 g/mol. The van der Waals surface area contributed by atoms with Crippen molar-refractivity contribution in [1.82, 2.24) is 15.2 Å². The summed E-state index contributed by atoms with van der Waals surface area (Å²) < 4.78 is 43.0. The predicted octanol–water partition coefficient (Wildman–Crippen LogP) is 2.28. The summed E-state index contributed by atoms with van der Waals surface area (Å²) >= 11 is 0. The first-order chi connectivity index (χ1) is 14.3. The van der Waals surface area contributed by atoms with E-state index < -0.39 is 12.1 Å². The van der Waals surface area contributed by atoms with Gasteiger partial charge in [0.05, 0.1) is 19.4 Å². The van der Waals surface area contributed by atoms with Gasteiger partial charge in [-0.25, -0.2) is 4.79 Å². The number of nitrogens with zero attached hydrogens (tertiary/aromatic N) is 2. The van der Waals surface area contributed by atoms with E-state index >= 15 is 0 Å². The molecule has 30 heavy (non-hydrogen) atoms. The lowest BCUT2D eigenvalue weighted by Crippen LogP contribution is -2.46. The summed E-state index contributed by atoms with van der Waals surface area (Å²) in [6.07, 6.45) is 2.60. The van der Waals surface area contributed by atoms with Crippen LogP contribution in [-0.4, -0.2) is 79.2 Å². The van der Waals surface area contributed by atoms with Crippen LogP contribution in [0, 0.1) is 5.92 Å². The normalized spacial score (nSPS) is 26.2. The Morgan fingerprint density at radius 3 is 2.63 bits per heavy atom. The average molecular weight is 431 g/mol. The maximum atomic E-state index is 10.6. The molecule has 4 rings (SSSR count). The highest BCUT2D eigenvalue weighted by Gasteiger charge is 2.39. The number of carboxylic acids is 1. The summed E-state index contributed by atoms with van der Waals surface area (Å²) in [5.74, 6) is -0.320. The molecule has 1 saturated carbocycles. The van der Waals surface area contributed by atoms with E-state index in [4.69, 9.17) is 19.4 Å². The molecule has 0 bridgehead atoms. The highest BCUT2D eigenvalue weighted by atomic mass is 19.4. The third-order valence-corrected chi connectivity index (χ3v) is 5.62. The molecule has 10 heteroatoms. The third kappa shape index (κ3) is 7.10. The van der Waals surface area contributed by atoms with Crippen molar-refractivity contribution >= 4 is 5.97 Å². The van der Waals surface area contributed by atoms with Crippen LogP contribution in [0.5, 0.6) is 5.75 Å². The standard InChI is InChI=1S/C18H27N3O2.C2HF3O2/c1-3-20-16(1)13-23-17-9-15(11-19-12-17)18-10-14(18)2-4-21-5-7-22-8-6-21;3-2(4,5)1(6)7/h9,11-12,14,16,18,20H,1-8,10,13H2;(H,6,7)/t14-,16+,18-;/m1./s1. The Morgan fingerprint density at radius 1 is 1.33 bits per heavy atom. The van der Waals surface area contributed by atoms with Gasteiger partial charge in [0.25, 0.3) is 0 Å². The number of hydrogen-bond donors (Lipinski definition) is 2. The second kappa shape index (κ2) is 10.4. The van der Waals surface area contributed by atoms with E-state index in [0.29, 0.717) is 12.0 Å². The number of carbonyl (C=O) groups is 1. The quantitative estimate of drug-likeness (QED) is 0.685. The van der Waals surface area contributed by atoms with E-state index in [-0.39, 0.29) is 0 Å². The number of alkyl halides is 3. The van der Waals surface area contributed by atoms with E-state index in [9.17, 15) is 13.2 Å². The zero-order chi connectivity index (χ0) is 21.6. The first-order valence-electron chi connectivity index (χ1n) is 10.2. The molecule has 168 valence electrons. The molecule has 0 radical (unpaired) electrons. The fourth-order valence-corrected chi connectivity index (χ4v) is 3.55. The number of ether oxygens (including phenoxy) is 2. The van der Waals surface area contributed by atoms with Crippen LogP contribution in [0.25, 0.3) is 0 Å². The van der Waals surface area contributed by atoms with Crippen LogP contribution in [0.3, 0.4) is 0 Å². The minimum atomic E-state index is -5.08. The molecule has 1 aromatic heterocycles. The molecule has 1 aromatic rings. The van der Waals surface area contributed by atoms with Crippen molar-refractivity contribution in [2.24, 2.45) is 5.92 Å². The number of rotatable bonds is 7. The maximum absolute atomic E-state index is 10.6. The van der Waals surface area contributed by atoms with E-state index in [1.807, 2.05) is 12.4 Å². The molecule has 7 nitrogen and oxygen atoms in total. The fraction of sp³-hybridized carbons (Fsp3) is 0.700. The molecule has 1 aliphatic carbocycles. The molecule has 0 aromatic carbocycles. The molecule has 3 fully saturated rings. The topological polar surface area (TPSA) is 83.9 Å². The largest absolute Gasteiger partial charge is 0.490 e. The van der Waals surface area contributed by atoms with Crippen LogP contribution in [-0.2, 0) is 9.53 Å². The van der Waals surface area contributed by atoms with E-state index in [0.717, 1.165) is 51.1 Å². The number of hydrogen-bond acceptors (Lipinski definition) is 6. The molecule has 0 unspecified atom stereocenters. The number of aromatic nitrogens is 1. The predicted molar refractivity (Wildman–Crippen MR) is 103 cm³/mol. The Labute approximate surface area is 173 Å². The van der Waals surface area contributed by atoms with Crippen molar-refractivity contribution in [2.75, 3.05) is 46.0 Å². The van der Waals surface area contributed by atoms with Gasteiger partial charge in [-0.15, -0.1) is 0 Å². The Kier molecular flexibility index (Phi) is 7.90. The maximum Gasteiger partial charge on any atom is 0.490 e.